The van der Waals surface area contributed by atoms with Gasteiger partial charge >= 0.3 is 0 Å². The average molecular weight is 330 g/mol. The molecule has 0 radical (unpaired) electrons. The highest BCUT2D eigenvalue weighted by molar-refractivity contribution is 5.86. The number of H-pyrrole nitrogens is 1. The third-order valence-corrected chi connectivity index (χ3v) is 4.01. The Hall–Kier alpha value is -2.01. The number of aliphatic imine (C=N–C) groups is 1. The van der Waals surface area contributed by atoms with E-state index in [4.69, 9.17) is 4.74 Å². The number of rotatable bonds is 9. The molecule has 1 aromatic carbocycles. The molecule has 0 saturated heterocycles. The molecule has 3 N–H and O–H groups in total. The Morgan fingerprint density at radius 1 is 1.17 bits per heavy atom. The van der Waals surface area contributed by atoms with Gasteiger partial charge in [0.25, 0.3) is 0 Å². The minimum Gasteiger partial charge on any atom is -0.380 e. The zero-order chi connectivity index (χ0) is 17.2. The summed E-state index contributed by atoms with van der Waals surface area (Å²) in [7, 11) is 0. The van der Waals surface area contributed by atoms with Crippen molar-refractivity contribution >= 4 is 16.9 Å². The summed E-state index contributed by atoms with van der Waals surface area (Å²) < 4.78 is 5.33. The quantitative estimate of drug-likeness (QED) is 0.376. The minimum atomic E-state index is 0.662. The summed E-state index contributed by atoms with van der Waals surface area (Å²) >= 11 is 0. The Kier molecular flexibility index (Phi) is 7.62. The summed E-state index contributed by atoms with van der Waals surface area (Å²) in [4.78, 5) is 7.95. The van der Waals surface area contributed by atoms with Gasteiger partial charge in [-0.3, -0.25) is 4.99 Å². The molecule has 1 heterocycles. The molecule has 132 valence electrons. The van der Waals surface area contributed by atoms with Gasteiger partial charge in [0.05, 0.1) is 13.2 Å². The Morgan fingerprint density at radius 3 is 2.79 bits per heavy atom. The van der Waals surface area contributed by atoms with Crippen molar-refractivity contribution in [3.63, 3.8) is 0 Å². The van der Waals surface area contributed by atoms with E-state index in [9.17, 15) is 0 Å². The second-order valence-corrected chi connectivity index (χ2v) is 5.64. The number of hydrogen-bond acceptors (Lipinski definition) is 2. The summed E-state index contributed by atoms with van der Waals surface area (Å²) in [5, 5.41) is 8.00. The number of aromatic amines is 1. The molecule has 0 unspecified atom stereocenters. The number of nitrogens with zero attached hydrogens (tertiary/aromatic N) is 1. The molecular weight excluding hydrogens is 300 g/mol. The lowest BCUT2D eigenvalue weighted by Gasteiger charge is -2.11. The lowest BCUT2D eigenvalue weighted by molar-refractivity contribution is 0.155. The smallest absolute Gasteiger partial charge is 0.191 e. The number of guanidine groups is 1. The molecule has 0 fully saturated rings. The summed E-state index contributed by atoms with van der Waals surface area (Å²) in [5.74, 6) is 0.853. The minimum absolute atomic E-state index is 0.662. The molecule has 1 aromatic heterocycles. The van der Waals surface area contributed by atoms with Crippen LogP contribution in [-0.4, -0.2) is 43.8 Å². The van der Waals surface area contributed by atoms with Gasteiger partial charge < -0.3 is 20.4 Å². The van der Waals surface area contributed by atoms with Gasteiger partial charge in [0.2, 0.25) is 0 Å². The summed E-state index contributed by atoms with van der Waals surface area (Å²) in [6, 6.07) is 6.53. The van der Waals surface area contributed by atoms with E-state index in [-0.39, 0.29) is 0 Å². The van der Waals surface area contributed by atoms with Gasteiger partial charge in [0.15, 0.2) is 5.96 Å². The van der Waals surface area contributed by atoms with Crippen molar-refractivity contribution in [1.29, 1.82) is 0 Å². The van der Waals surface area contributed by atoms with Crippen LogP contribution in [-0.2, 0) is 17.6 Å². The Bertz CT molecular complexity index is 648. The predicted molar refractivity (Wildman–Crippen MR) is 102 cm³/mol. The van der Waals surface area contributed by atoms with Crippen LogP contribution < -0.4 is 10.6 Å². The zero-order valence-electron chi connectivity index (χ0n) is 15.1. The summed E-state index contributed by atoms with van der Waals surface area (Å²) in [5.41, 5.74) is 3.99. The largest absolute Gasteiger partial charge is 0.380 e. The predicted octanol–water partition coefficient (Wildman–Crippen LogP) is 2.86. The van der Waals surface area contributed by atoms with Crippen molar-refractivity contribution in [2.45, 2.75) is 33.6 Å². The van der Waals surface area contributed by atoms with Gasteiger partial charge in [-0.15, -0.1) is 0 Å². The molecule has 0 atom stereocenters. The molecule has 24 heavy (non-hydrogen) atoms. The first-order chi connectivity index (χ1) is 11.8. The molecule has 2 rings (SSSR count). The second kappa shape index (κ2) is 9.98. The molecule has 0 bridgehead atoms. The maximum atomic E-state index is 5.33. The Morgan fingerprint density at radius 2 is 2.04 bits per heavy atom. The standard InChI is InChI=1S/C19H30N4O/c1-4-15-8-7-9-17-16(14-23-18(15)17)10-11-21-19(20-5-2)22-12-13-24-6-3/h7-9,14,23H,4-6,10-13H2,1-3H3,(H2,20,21,22). The number of ether oxygens (including phenoxy) is 1. The first-order valence-electron chi connectivity index (χ1n) is 8.97. The van der Waals surface area contributed by atoms with Crippen LogP contribution in [0, 0.1) is 0 Å². The van der Waals surface area contributed by atoms with Crippen LogP contribution in [0.15, 0.2) is 29.4 Å². The summed E-state index contributed by atoms with van der Waals surface area (Å²) in [6.45, 7) is 10.0. The lowest BCUT2D eigenvalue weighted by Crippen LogP contribution is -2.38. The number of aromatic nitrogens is 1. The van der Waals surface area contributed by atoms with E-state index in [0.29, 0.717) is 13.2 Å². The average Bonchev–Trinajstić information content (AvgIpc) is 3.02. The molecule has 0 aliphatic carbocycles. The topological polar surface area (TPSA) is 61.4 Å². The molecule has 5 nitrogen and oxygen atoms in total. The number of benzene rings is 1. The summed E-state index contributed by atoms with van der Waals surface area (Å²) in [6.07, 6.45) is 4.14. The third-order valence-electron chi connectivity index (χ3n) is 4.01. The van der Waals surface area contributed by atoms with E-state index >= 15 is 0 Å². The van der Waals surface area contributed by atoms with E-state index in [1.54, 1.807) is 0 Å². The van der Waals surface area contributed by atoms with E-state index < -0.39 is 0 Å². The van der Waals surface area contributed by atoms with Gasteiger partial charge in [0.1, 0.15) is 0 Å². The molecule has 0 amide bonds. The fourth-order valence-electron chi connectivity index (χ4n) is 2.80. The third kappa shape index (κ3) is 4.99. The molecule has 0 aliphatic rings. The second-order valence-electron chi connectivity index (χ2n) is 5.64. The number of nitrogens with one attached hydrogen (secondary N) is 3. The highest BCUT2D eigenvalue weighted by Crippen LogP contribution is 2.22. The number of aryl methyl sites for hydroxylation is 1. The van der Waals surface area contributed by atoms with Crippen molar-refractivity contribution in [2.75, 3.05) is 32.8 Å². The van der Waals surface area contributed by atoms with Crippen molar-refractivity contribution < 1.29 is 4.74 Å². The number of para-hydroxylation sites is 1. The maximum absolute atomic E-state index is 5.33. The SMILES string of the molecule is CCNC(=NCCOCC)NCCc1c[nH]c2c(CC)cccc12. The fraction of sp³-hybridized carbons (Fsp3) is 0.526. The van der Waals surface area contributed by atoms with Gasteiger partial charge in [0, 0.05) is 36.8 Å². The van der Waals surface area contributed by atoms with Crippen molar-refractivity contribution in [3.05, 3.63) is 35.5 Å². The Labute approximate surface area is 144 Å². The zero-order valence-corrected chi connectivity index (χ0v) is 15.1. The van der Waals surface area contributed by atoms with E-state index in [1.807, 2.05) is 6.92 Å². The number of hydrogen-bond donors (Lipinski definition) is 3. The molecule has 0 spiro atoms. The van der Waals surface area contributed by atoms with Crippen LogP contribution in [0.2, 0.25) is 0 Å². The van der Waals surface area contributed by atoms with E-state index in [0.717, 1.165) is 38.5 Å². The molecular formula is C19H30N4O. The van der Waals surface area contributed by atoms with Crippen LogP contribution in [0.5, 0.6) is 0 Å². The first-order valence-corrected chi connectivity index (χ1v) is 8.97. The highest BCUT2D eigenvalue weighted by atomic mass is 16.5. The van der Waals surface area contributed by atoms with Gasteiger partial charge in [-0.05, 0) is 37.8 Å². The van der Waals surface area contributed by atoms with Gasteiger partial charge in [-0.1, -0.05) is 25.1 Å². The maximum Gasteiger partial charge on any atom is 0.191 e. The van der Waals surface area contributed by atoms with Crippen molar-refractivity contribution in [3.8, 4) is 0 Å². The lowest BCUT2D eigenvalue weighted by atomic mass is 10.1. The first kappa shape index (κ1) is 18.3. The van der Waals surface area contributed by atoms with Gasteiger partial charge in [-0.2, -0.15) is 0 Å². The van der Waals surface area contributed by atoms with E-state index in [2.05, 4.69) is 58.9 Å². The molecule has 5 heteroatoms. The molecule has 0 aliphatic heterocycles. The van der Waals surface area contributed by atoms with Crippen LogP contribution in [0.1, 0.15) is 31.9 Å². The highest BCUT2D eigenvalue weighted by Gasteiger charge is 2.06. The fourth-order valence-corrected chi connectivity index (χ4v) is 2.80. The van der Waals surface area contributed by atoms with Crippen LogP contribution in [0.4, 0.5) is 0 Å². The van der Waals surface area contributed by atoms with Crippen LogP contribution >= 0.6 is 0 Å². The van der Waals surface area contributed by atoms with Crippen LogP contribution in [0.3, 0.4) is 0 Å². The van der Waals surface area contributed by atoms with Crippen LogP contribution in [0.25, 0.3) is 10.9 Å². The Balaban J connectivity index is 1.92. The number of fused-ring (bicyclic) bond motifs is 1. The normalized spacial score (nSPS) is 11.9. The molecule has 2 aromatic rings. The van der Waals surface area contributed by atoms with Crippen molar-refractivity contribution in [2.24, 2.45) is 4.99 Å². The monoisotopic (exact) mass is 330 g/mol. The molecule has 0 saturated carbocycles. The van der Waals surface area contributed by atoms with Gasteiger partial charge in [-0.25, -0.2) is 0 Å². The van der Waals surface area contributed by atoms with Crippen molar-refractivity contribution in [1.82, 2.24) is 15.6 Å². The van der Waals surface area contributed by atoms with E-state index in [1.165, 1.54) is 22.0 Å².